The minimum Gasteiger partial charge on any atom is -0.290 e. The number of fused-ring (bicyclic) bond motifs is 3. The summed E-state index contributed by atoms with van der Waals surface area (Å²) in [7, 11) is 2.25. The lowest BCUT2D eigenvalue weighted by molar-refractivity contribution is 0.168. The van der Waals surface area contributed by atoms with E-state index in [2.05, 4.69) is 52.3 Å². The number of rotatable bonds is 1. The third kappa shape index (κ3) is 1.48. The van der Waals surface area contributed by atoms with Crippen LogP contribution in [0.3, 0.4) is 0 Å². The van der Waals surface area contributed by atoms with E-state index in [1.54, 1.807) is 12.4 Å². The summed E-state index contributed by atoms with van der Waals surface area (Å²) >= 11 is 0. The second-order valence-corrected chi connectivity index (χ2v) is 5.63. The van der Waals surface area contributed by atoms with Crippen LogP contribution in [0.5, 0.6) is 0 Å². The van der Waals surface area contributed by atoms with Gasteiger partial charge in [-0.15, -0.1) is 0 Å². The van der Waals surface area contributed by atoms with Gasteiger partial charge in [0.2, 0.25) is 0 Å². The molecule has 3 nitrogen and oxygen atoms in total. The standard InChI is InChI=1S/C16H17N3/c1-19-13-3-2-7-16(19,8-6-13)12-4-5-14-15(11-12)18-10-9-17-14/h2,4-5,7,9-11,13H,3,6,8H2,1H3. The van der Waals surface area contributed by atoms with Crippen molar-refractivity contribution < 1.29 is 0 Å². The molecular formula is C16H17N3. The molecule has 0 spiro atoms. The third-order valence-electron chi connectivity index (χ3n) is 4.81. The van der Waals surface area contributed by atoms with Gasteiger partial charge in [0.1, 0.15) is 0 Å². The van der Waals surface area contributed by atoms with E-state index in [9.17, 15) is 0 Å². The molecule has 2 aliphatic rings. The van der Waals surface area contributed by atoms with Crippen LogP contribution in [0.1, 0.15) is 24.8 Å². The molecule has 96 valence electrons. The van der Waals surface area contributed by atoms with Crippen molar-refractivity contribution >= 4 is 11.0 Å². The fourth-order valence-electron chi connectivity index (χ4n) is 3.66. The maximum atomic E-state index is 4.44. The quantitative estimate of drug-likeness (QED) is 0.730. The van der Waals surface area contributed by atoms with Crippen molar-refractivity contribution in [2.75, 3.05) is 7.05 Å². The summed E-state index contributed by atoms with van der Waals surface area (Å²) in [5, 5.41) is 0. The molecule has 2 aromatic rings. The maximum Gasteiger partial charge on any atom is 0.0890 e. The number of benzene rings is 1. The lowest BCUT2D eigenvalue weighted by Crippen LogP contribution is -2.42. The van der Waals surface area contributed by atoms with Gasteiger partial charge in [-0.25, -0.2) is 0 Å². The Morgan fingerprint density at radius 1 is 1.21 bits per heavy atom. The fraction of sp³-hybridized carbons (Fsp3) is 0.375. The molecule has 1 aromatic heterocycles. The molecule has 3 heteroatoms. The van der Waals surface area contributed by atoms with Crippen molar-refractivity contribution in [1.29, 1.82) is 0 Å². The van der Waals surface area contributed by atoms with E-state index >= 15 is 0 Å². The number of hydrogen-bond donors (Lipinski definition) is 0. The van der Waals surface area contributed by atoms with Crippen LogP contribution in [0.2, 0.25) is 0 Å². The molecule has 1 saturated heterocycles. The zero-order chi connectivity index (χ0) is 12.9. The van der Waals surface area contributed by atoms with Crippen molar-refractivity contribution in [3.05, 3.63) is 48.3 Å². The summed E-state index contributed by atoms with van der Waals surface area (Å²) in [4.78, 5) is 11.3. The smallest absolute Gasteiger partial charge is 0.0890 e. The topological polar surface area (TPSA) is 29.0 Å². The lowest BCUT2D eigenvalue weighted by atomic mass is 9.86. The molecule has 0 saturated carbocycles. The largest absolute Gasteiger partial charge is 0.290 e. The predicted molar refractivity (Wildman–Crippen MR) is 75.8 cm³/mol. The Morgan fingerprint density at radius 3 is 2.95 bits per heavy atom. The number of hydrogen-bond acceptors (Lipinski definition) is 3. The first-order valence-corrected chi connectivity index (χ1v) is 6.91. The van der Waals surface area contributed by atoms with E-state index in [1.807, 2.05) is 0 Å². The first-order chi connectivity index (χ1) is 9.29. The van der Waals surface area contributed by atoms with Crippen molar-refractivity contribution in [1.82, 2.24) is 14.9 Å². The van der Waals surface area contributed by atoms with E-state index in [-0.39, 0.29) is 5.54 Å². The first kappa shape index (κ1) is 11.1. The van der Waals surface area contributed by atoms with Gasteiger partial charge < -0.3 is 0 Å². The SMILES string of the molecule is CN1C2CC=CC1(c1ccc3nccnc3c1)CC2. The van der Waals surface area contributed by atoms with E-state index < -0.39 is 0 Å². The molecule has 2 aliphatic heterocycles. The van der Waals surface area contributed by atoms with Crippen LogP contribution in [0.15, 0.2) is 42.7 Å². The highest BCUT2D eigenvalue weighted by Crippen LogP contribution is 2.46. The van der Waals surface area contributed by atoms with Gasteiger partial charge in [-0.1, -0.05) is 18.2 Å². The highest BCUT2D eigenvalue weighted by Gasteiger charge is 2.45. The second kappa shape index (κ2) is 3.87. The zero-order valence-corrected chi connectivity index (χ0v) is 11.1. The Bertz CT molecular complexity index is 664. The van der Waals surface area contributed by atoms with E-state index in [0.717, 1.165) is 11.0 Å². The van der Waals surface area contributed by atoms with Crippen LogP contribution in [-0.4, -0.2) is 28.0 Å². The number of likely N-dealkylation sites (N-methyl/N-ethyl adjacent to an activating group) is 1. The van der Waals surface area contributed by atoms with Crippen LogP contribution in [0.4, 0.5) is 0 Å². The molecule has 0 radical (unpaired) electrons. The van der Waals surface area contributed by atoms with E-state index in [1.165, 1.54) is 24.8 Å². The highest BCUT2D eigenvalue weighted by atomic mass is 15.2. The second-order valence-electron chi connectivity index (χ2n) is 5.63. The van der Waals surface area contributed by atoms with Crippen molar-refractivity contribution in [2.24, 2.45) is 0 Å². The maximum absolute atomic E-state index is 4.44. The van der Waals surface area contributed by atoms with Gasteiger partial charge in [-0.2, -0.15) is 0 Å². The van der Waals surface area contributed by atoms with Gasteiger partial charge in [-0.3, -0.25) is 14.9 Å². The van der Waals surface area contributed by atoms with E-state index in [0.29, 0.717) is 6.04 Å². The Morgan fingerprint density at radius 2 is 2.05 bits per heavy atom. The Labute approximate surface area is 113 Å². The minimum absolute atomic E-state index is 0.0780. The average molecular weight is 251 g/mol. The van der Waals surface area contributed by atoms with Crippen molar-refractivity contribution in [3.8, 4) is 0 Å². The Hall–Kier alpha value is -1.74. The van der Waals surface area contributed by atoms with Gasteiger partial charge in [0.05, 0.1) is 16.6 Å². The summed E-state index contributed by atoms with van der Waals surface area (Å²) < 4.78 is 0. The molecule has 3 heterocycles. The van der Waals surface area contributed by atoms with Gasteiger partial charge >= 0.3 is 0 Å². The summed E-state index contributed by atoms with van der Waals surface area (Å²) in [6, 6.07) is 7.21. The van der Waals surface area contributed by atoms with Crippen molar-refractivity contribution in [2.45, 2.75) is 30.8 Å². The van der Waals surface area contributed by atoms with Gasteiger partial charge in [0, 0.05) is 18.4 Å². The van der Waals surface area contributed by atoms with Gasteiger partial charge in [0.25, 0.3) is 0 Å². The normalized spacial score (nSPS) is 30.1. The van der Waals surface area contributed by atoms with Crippen LogP contribution < -0.4 is 0 Å². The minimum atomic E-state index is 0.0780. The van der Waals surface area contributed by atoms with Crippen LogP contribution in [0, 0.1) is 0 Å². The summed E-state index contributed by atoms with van der Waals surface area (Å²) in [6.45, 7) is 0. The fourth-order valence-corrected chi connectivity index (χ4v) is 3.66. The molecule has 4 rings (SSSR count). The van der Waals surface area contributed by atoms with Crippen LogP contribution >= 0.6 is 0 Å². The number of nitrogens with zero attached hydrogens (tertiary/aromatic N) is 3. The number of aromatic nitrogens is 2. The van der Waals surface area contributed by atoms with Gasteiger partial charge in [0.15, 0.2) is 0 Å². The third-order valence-corrected chi connectivity index (χ3v) is 4.81. The molecule has 0 N–H and O–H groups in total. The average Bonchev–Trinajstić information content (AvgIpc) is 2.66. The summed E-state index contributed by atoms with van der Waals surface area (Å²) in [5.41, 5.74) is 3.39. The summed E-state index contributed by atoms with van der Waals surface area (Å²) in [5.74, 6) is 0. The van der Waals surface area contributed by atoms with Crippen molar-refractivity contribution in [3.63, 3.8) is 0 Å². The first-order valence-electron chi connectivity index (χ1n) is 6.91. The molecule has 0 amide bonds. The molecule has 0 aliphatic carbocycles. The zero-order valence-electron chi connectivity index (χ0n) is 11.1. The molecular weight excluding hydrogens is 234 g/mol. The van der Waals surface area contributed by atoms with Crippen LogP contribution in [-0.2, 0) is 5.54 Å². The highest BCUT2D eigenvalue weighted by molar-refractivity contribution is 5.75. The molecule has 2 atom stereocenters. The van der Waals surface area contributed by atoms with E-state index in [4.69, 9.17) is 0 Å². The Balaban J connectivity index is 1.90. The molecule has 2 unspecified atom stereocenters. The molecule has 2 bridgehead atoms. The monoisotopic (exact) mass is 251 g/mol. The molecule has 1 fully saturated rings. The lowest BCUT2D eigenvalue weighted by Gasteiger charge is -2.39. The molecule has 1 aromatic carbocycles. The molecule has 19 heavy (non-hydrogen) atoms. The van der Waals surface area contributed by atoms with Gasteiger partial charge in [-0.05, 0) is 44.0 Å². The van der Waals surface area contributed by atoms with Crippen LogP contribution in [0.25, 0.3) is 11.0 Å². The Kier molecular flexibility index (Phi) is 2.27. The summed E-state index contributed by atoms with van der Waals surface area (Å²) in [6.07, 6.45) is 11.9. The predicted octanol–water partition coefficient (Wildman–Crippen LogP) is 2.88.